The van der Waals surface area contributed by atoms with Gasteiger partial charge < -0.3 is 14.9 Å². The number of phenolic OH excluding ortho intramolecular Hbond substituents is 1. The average molecular weight is 335 g/mol. The van der Waals surface area contributed by atoms with Crippen molar-refractivity contribution in [2.75, 3.05) is 18.9 Å². The van der Waals surface area contributed by atoms with Crippen LogP contribution in [0.1, 0.15) is 39.0 Å². The van der Waals surface area contributed by atoms with E-state index in [4.69, 9.17) is 27.9 Å². The Hall–Kier alpha value is -0.970. The summed E-state index contributed by atoms with van der Waals surface area (Å²) in [7, 11) is 1.26. The molecule has 0 radical (unpaired) electrons. The van der Waals surface area contributed by atoms with Crippen LogP contribution in [0.2, 0.25) is 0 Å². The van der Waals surface area contributed by atoms with Crippen LogP contribution in [0.25, 0.3) is 0 Å². The average Bonchev–Trinajstić information content (AvgIpc) is 2.48. The molecule has 0 fully saturated rings. The lowest BCUT2D eigenvalue weighted by Gasteiger charge is -2.20. The highest BCUT2D eigenvalue weighted by Crippen LogP contribution is 2.35. The van der Waals surface area contributed by atoms with Gasteiger partial charge in [-0.3, -0.25) is 0 Å². The van der Waals surface area contributed by atoms with Gasteiger partial charge in [-0.15, -0.1) is 23.2 Å². The highest BCUT2D eigenvalue weighted by Gasteiger charge is 2.25. The zero-order valence-corrected chi connectivity index (χ0v) is 13.7. The number of alkyl halides is 2. The van der Waals surface area contributed by atoms with Crippen LogP contribution in [-0.2, 0) is 24.2 Å². The van der Waals surface area contributed by atoms with E-state index >= 15 is 0 Å². The minimum atomic E-state index is -0.600. The van der Waals surface area contributed by atoms with E-state index in [1.165, 1.54) is 7.11 Å². The molecule has 0 spiro atoms. The maximum absolute atomic E-state index is 11.9. The Morgan fingerprint density at radius 3 is 2.29 bits per heavy atom. The van der Waals surface area contributed by atoms with Gasteiger partial charge in [0.05, 0.1) is 13.7 Å². The van der Waals surface area contributed by atoms with E-state index in [0.29, 0.717) is 47.7 Å². The molecule has 0 amide bonds. The van der Waals surface area contributed by atoms with Gasteiger partial charge in [-0.1, -0.05) is 0 Å². The molecule has 0 aliphatic heterocycles. The summed E-state index contributed by atoms with van der Waals surface area (Å²) < 4.78 is 4.74. The molecular weight excluding hydrogens is 315 g/mol. The number of carbonyl (C=O) groups is 1. The molecule has 0 saturated carbocycles. The van der Waals surface area contributed by atoms with Gasteiger partial charge in [-0.2, -0.15) is 0 Å². The minimum absolute atomic E-state index is 0.133. The van der Waals surface area contributed by atoms with E-state index in [2.05, 4.69) is 0 Å². The third kappa shape index (κ3) is 3.82. The molecular formula is C15H20Cl2O4. The van der Waals surface area contributed by atoms with E-state index in [1.807, 2.05) is 0 Å². The Balaban J connectivity index is 3.59. The molecule has 0 aliphatic carbocycles. The molecule has 1 aromatic rings. The molecule has 1 rings (SSSR count). The van der Waals surface area contributed by atoms with Gasteiger partial charge in [0.2, 0.25) is 0 Å². The molecule has 0 atom stereocenters. The molecule has 0 aliphatic rings. The fourth-order valence-corrected chi connectivity index (χ4v) is 2.84. The fourth-order valence-electron chi connectivity index (χ4n) is 2.52. The van der Waals surface area contributed by atoms with Crippen molar-refractivity contribution in [2.24, 2.45) is 0 Å². The Morgan fingerprint density at radius 1 is 1.14 bits per heavy atom. The number of aliphatic hydroxyl groups is 1. The predicted octanol–water partition coefficient (Wildman–Crippen LogP) is 2.93. The van der Waals surface area contributed by atoms with Crippen LogP contribution in [0.3, 0.4) is 0 Å². The van der Waals surface area contributed by atoms with Crippen LogP contribution in [0.15, 0.2) is 0 Å². The lowest BCUT2D eigenvalue weighted by molar-refractivity contribution is 0.0596. The summed E-state index contributed by atoms with van der Waals surface area (Å²) in [6.45, 7) is 1.50. The Kier molecular flexibility index (Phi) is 7.29. The second-order valence-electron chi connectivity index (χ2n) is 4.67. The van der Waals surface area contributed by atoms with E-state index in [9.17, 15) is 15.0 Å². The number of ether oxygens (including phenoxy) is 1. The number of phenols is 1. The molecule has 0 unspecified atom stereocenters. The van der Waals surface area contributed by atoms with Gasteiger partial charge in [0.1, 0.15) is 11.3 Å². The third-order valence-electron chi connectivity index (χ3n) is 3.53. The van der Waals surface area contributed by atoms with Crippen molar-refractivity contribution in [3.63, 3.8) is 0 Å². The number of hydrogen-bond donors (Lipinski definition) is 2. The van der Waals surface area contributed by atoms with Crippen LogP contribution in [0.4, 0.5) is 0 Å². The number of aliphatic hydroxyl groups excluding tert-OH is 1. The number of hydrogen-bond acceptors (Lipinski definition) is 4. The first-order valence-electron chi connectivity index (χ1n) is 6.70. The fraction of sp³-hybridized carbons (Fsp3) is 0.533. The van der Waals surface area contributed by atoms with E-state index in [-0.39, 0.29) is 17.9 Å². The molecule has 21 heavy (non-hydrogen) atoms. The largest absolute Gasteiger partial charge is 0.507 e. The van der Waals surface area contributed by atoms with Crippen molar-refractivity contribution in [1.82, 2.24) is 0 Å². The number of rotatable bonds is 7. The number of aromatic hydroxyl groups is 1. The first-order chi connectivity index (χ1) is 10.0. The Bertz CT molecular complexity index is 515. The second-order valence-corrected chi connectivity index (χ2v) is 5.42. The molecule has 4 nitrogen and oxygen atoms in total. The smallest absolute Gasteiger partial charge is 0.341 e. The zero-order valence-electron chi connectivity index (χ0n) is 12.2. The highest BCUT2D eigenvalue weighted by molar-refractivity contribution is 6.18. The minimum Gasteiger partial charge on any atom is -0.507 e. The van der Waals surface area contributed by atoms with Gasteiger partial charge >= 0.3 is 5.97 Å². The van der Waals surface area contributed by atoms with Crippen molar-refractivity contribution >= 4 is 29.2 Å². The monoisotopic (exact) mass is 334 g/mol. The summed E-state index contributed by atoms with van der Waals surface area (Å²) in [5.41, 5.74) is 2.70. The van der Waals surface area contributed by atoms with Crippen LogP contribution in [-0.4, -0.2) is 35.1 Å². The predicted molar refractivity (Wildman–Crippen MR) is 83.6 cm³/mol. The summed E-state index contributed by atoms with van der Waals surface area (Å²) in [5.74, 6) is 0.0503. The highest BCUT2D eigenvalue weighted by atomic mass is 35.5. The Labute approximate surface area is 134 Å². The number of methoxy groups -OCH3 is 1. The van der Waals surface area contributed by atoms with Gasteiger partial charge in [-0.05, 0) is 42.9 Å². The van der Waals surface area contributed by atoms with Gasteiger partial charge in [0, 0.05) is 17.3 Å². The van der Waals surface area contributed by atoms with E-state index < -0.39 is 5.97 Å². The molecule has 0 aromatic heterocycles. The number of carbonyl (C=O) groups excluding carboxylic acids is 1. The molecule has 1 aromatic carbocycles. The second kappa shape index (κ2) is 8.47. The van der Waals surface area contributed by atoms with Crippen molar-refractivity contribution < 1.29 is 19.7 Å². The van der Waals surface area contributed by atoms with Gasteiger partial charge in [-0.25, -0.2) is 4.79 Å². The van der Waals surface area contributed by atoms with E-state index in [0.717, 1.165) is 5.56 Å². The molecule has 0 heterocycles. The number of benzene rings is 1. The topological polar surface area (TPSA) is 66.8 Å². The van der Waals surface area contributed by atoms with Gasteiger partial charge in [0.15, 0.2) is 0 Å². The quantitative estimate of drug-likeness (QED) is 0.594. The first-order valence-corrected chi connectivity index (χ1v) is 7.77. The van der Waals surface area contributed by atoms with Crippen molar-refractivity contribution in [3.8, 4) is 5.75 Å². The van der Waals surface area contributed by atoms with E-state index in [1.54, 1.807) is 6.92 Å². The molecule has 2 N–H and O–H groups in total. The normalized spacial score (nSPS) is 10.7. The van der Waals surface area contributed by atoms with Crippen LogP contribution in [0.5, 0.6) is 5.75 Å². The lowest BCUT2D eigenvalue weighted by Crippen LogP contribution is -2.13. The Morgan fingerprint density at radius 2 is 1.81 bits per heavy atom. The summed E-state index contributed by atoms with van der Waals surface area (Å²) in [4.78, 5) is 11.9. The summed E-state index contributed by atoms with van der Waals surface area (Å²) in [6.07, 6.45) is 1.61. The lowest BCUT2D eigenvalue weighted by atomic mass is 9.88. The number of halogens is 2. The maximum atomic E-state index is 11.9. The van der Waals surface area contributed by atoms with Gasteiger partial charge in [0.25, 0.3) is 0 Å². The SMILES string of the molecule is COC(=O)c1c(C)c(CCCl)c(CO)c(CCCCl)c1O. The molecule has 118 valence electrons. The van der Waals surface area contributed by atoms with Crippen molar-refractivity contribution in [3.05, 3.63) is 27.8 Å². The van der Waals surface area contributed by atoms with Crippen molar-refractivity contribution in [2.45, 2.75) is 32.8 Å². The first kappa shape index (κ1) is 18.1. The van der Waals surface area contributed by atoms with Crippen LogP contribution < -0.4 is 0 Å². The molecule has 0 saturated heterocycles. The molecule has 6 heteroatoms. The van der Waals surface area contributed by atoms with Crippen LogP contribution >= 0.6 is 23.2 Å². The summed E-state index contributed by atoms with van der Waals surface area (Å²) in [6, 6.07) is 0. The maximum Gasteiger partial charge on any atom is 0.341 e. The van der Waals surface area contributed by atoms with Crippen LogP contribution in [0, 0.1) is 6.92 Å². The number of esters is 1. The standard InChI is InChI=1S/C15H20Cl2O4/c1-9-10(5-7-17)12(8-18)11(4-3-6-16)14(19)13(9)15(20)21-2/h18-19H,3-8H2,1-2H3. The zero-order chi connectivity index (χ0) is 16.0. The van der Waals surface area contributed by atoms with Crippen molar-refractivity contribution in [1.29, 1.82) is 0 Å². The third-order valence-corrected chi connectivity index (χ3v) is 3.99. The summed E-state index contributed by atoms with van der Waals surface area (Å²) in [5, 5.41) is 20.1. The summed E-state index contributed by atoms with van der Waals surface area (Å²) >= 11 is 11.5. The molecule has 0 bridgehead atoms.